The molecular weight excluding hydrogens is 378 g/mol. The Bertz CT molecular complexity index is 1210. The summed E-state index contributed by atoms with van der Waals surface area (Å²) in [6.45, 7) is 0.657. The minimum atomic E-state index is -0.282. The lowest BCUT2D eigenvalue weighted by Crippen LogP contribution is -2.08. The summed E-state index contributed by atoms with van der Waals surface area (Å²) >= 11 is 0. The maximum absolute atomic E-state index is 12.4. The lowest BCUT2D eigenvalue weighted by Gasteiger charge is -2.04. The molecule has 1 amide bonds. The van der Waals surface area contributed by atoms with Crippen LogP contribution in [0.3, 0.4) is 0 Å². The zero-order valence-electron chi connectivity index (χ0n) is 16.4. The third-order valence-electron chi connectivity index (χ3n) is 4.66. The van der Waals surface area contributed by atoms with Crippen LogP contribution < -0.4 is 10.1 Å². The number of ether oxygens (including phenoxy) is 1. The third-order valence-corrected chi connectivity index (χ3v) is 4.66. The van der Waals surface area contributed by atoms with Gasteiger partial charge in [-0.2, -0.15) is 5.10 Å². The van der Waals surface area contributed by atoms with E-state index < -0.39 is 0 Å². The average molecular weight is 399 g/mol. The number of carbonyl (C=O) groups is 1. The van der Waals surface area contributed by atoms with Crippen molar-refractivity contribution in [3.63, 3.8) is 0 Å². The summed E-state index contributed by atoms with van der Waals surface area (Å²) in [5.74, 6) is 0.124. The average Bonchev–Trinajstić information content (AvgIpc) is 3.16. The van der Waals surface area contributed by atoms with Gasteiger partial charge >= 0.3 is 0 Å². The molecular formula is C24H21N3O3. The topological polar surface area (TPSA) is 76.4 Å². The summed E-state index contributed by atoms with van der Waals surface area (Å²) < 4.78 is 6.89. The van der Waals surface area contributed by atoms with Crippen LogP contribution in [0.2, 0.25) is 0 Å². The molecule has 150 valence electrons. The van der Waals surface area contributed by atoms with Gasteiger partial charge in [0.15, 0.2) is 11.5 Å². The Kier molecular flexibility index (Phi) is 5.48. The largest absolute Gasteiger partial charge is 0.504 e. The molecule has 6 heteroatoms. The molecule has 0 saturated heterocycles. The molecule has 0 aliphatic rings. The van der Waals surface area contributed by atoms with Crippen LogP contribution >= 0.6 is 0 Å². The Labute approximate surface area is 174 Å². The van der Waals surface area contributed by atoms with Crippen molar-refractivity contribution in [2.24, 2.45) is 0 Å². The molecule has 0 atom stereocenters. The van der Waals surface area contributed by atoms with E-state index in [1.165, 1.54) is 19.3 Å². The number of aromatic hydroxyl groups is 1. The second kappa shape index (κ2) is 8.53. The standard InChI is InChI=1S/C24H21N3O3/c1-30-22-12-10-17(14-21(22)28)11-13-23(29)25-20-9-5-8-19-16-27(26-24(19)20)15-18-6-3-2-4-7-18/h2-14,16,28H,15H2,1H3,(H,25,29)/b13-11+. The predicted molar refractivity (Wildman–Crippen MR) is 118 cm³/mol. The number of nitrogens with one attached hydrogen (secondary N) is 1. The summed E-state index contributed by atoms with van der Waals surface area (Å²) in [7, 11) is 1.49. The smallest absolute Gasteiger partial charge is 0.248 e. The van der Waals surface area contributed by atoms with E-state index in [0.29, 0.717) is 23.5 Å². The van der Waals surface area contributed by atoms with Gasteiger partial charge in [0.25, 0.3) is 0 Å². The van der Waals surface area contributed by atoms with Gasteiger partial charge in [0.2, 0.25) is 5.91 Å². The van der Waals surface area contributed by atoms with Crippen molar-refractivity contribution < 1.29 is 14.6 Å². The fraction of sp³-hybridized carbons (Fsp3) is 0.0833. The molecule has 0 bridgehead atoms. The molecule has 1 aromatic heterocycles. The lowest BCUT2D eigenvalue weighted by molar-refractivity contribution is -0.111. The Morgan fingerprint density at radius 3 is 2.73 bits per heavy atom. The number of anilines is 1. The van der Waals surface area contributed by atoms with Crippen LogP contribution in [0.15, 0.2) is 79.0 Å². The van der Waals surface area contributed by atoms with Crippen molar-refractivity contribution in [1.82, 2.24) is 9.78 Å². The van der Waals surface area contributed by atoms with E-state index in [0.717, 1.165) is 16.5 Å². The quantitative estimate of drug-likeness (QED) is 0.470. The summed E-state index contributed by atoms with van der Waals surface area (Å²) in [4.78, 5) is 12.4. The van der Waals surface area contributed by atoms with Crippen LogP contribution in [-0.2, 0) is 11.3 Å². The number of carbonyl (C=O) groups excluding carboxylic acids is 1. The van der Waals surface area contributed by atoms with Crippen molar-refractivity contribution in [2.75, 3.05) is 12.4 Å². The van der Waals surface area contributed by atoms with Gasteiger partial charge in [0, 0.05) is 17.7 Å². The van der Waals surface area contributed by atoms with E-state index in [-0.39, 0.29) is 11.7 Å². The first-order valence-corrected chi connectivity index (χ1v) is 9.48. The van der Waals surface area contributed by atoms with Gasteiger partial charge in [-0.15, -0.1) is 0 Å². The highest BCUT2D eigenvalue weighted by atomic mass is 16.5. The van der Waals surface area contributed by atoms with Gasteiger partial charge in [-0.05, 0) is 35.4 Å². The number of hydrogen-bond donors (Lipinski definition) is 2. The number of hydrogen-bond acceptors (Lipinski definition) is 4. The number of nitrogens with zero attached hydrogens (tertiary/aromatic N) is 2. The van der Waals surface area contributed by atoms with Gasteiger partial charge in [-0.3, -0.25) is 9.48 Å². The lowest BCUT2D eigenvalue weighted by atomic mass is 10.2. The zero-order valence-corrected chi connectivity index (χ0v) is 16.4. The minimum absolute atomic E-state index is 0.0220. The maximum Gasteiger partial charge on any atom is 0.248 e. The molecule has 0 fully saturated rings. The predicted octanol–water partition coefficient (Wildman–Crippen LogP) is 4.45. The van der Waals surface area contributed by atoms with Gasteiger partial charge < -0.3 is 15.2 Å². The van der Waals surface area contributed by atoms with Gasteiger partial charge in [0.05, 0.1) is 19.3 Å². The molecule has 3 aromatic carbocycles. The van der Waals surface area contributed by atoms with E-state index in [9.17, 15) is 9.90 Å². The highest BCUT2D eigenvalue weighted by Crippen LogP contribution is 2.27. The van der Waals surface area contributed by atoms with Gasteiger partial charge in [-0.1, -0.05) is 48.5 Å². The van der Waals surface area contributed by atoms with Crippen LogP contribution in [0.1, 0.15) is 11.1 Å². The molecule has 6 nitrogen and oxygen atoms in total. The van der Waals surface area contributed by atoms with Crippen molar-refractivity contribution in [3.05, 3.63) is 90.1 Å². The molecule has 0 aliphatic carbocycles. The number of aromatic nitrogens is 2. The maximum atomic E-state index is 12.4. The monoisotopic (exact) mass is 399 g/mol. The van der Waals surface area contributed by atoms with Crippen LogP contribution in [-0.4, -0.2) is 27.9 Å². The molecule has 2 N–H and O–H groups in total. The molecule has 0 unspecified atom stereocenters. The first kappa shape index (κ1) is 19.3. The molecule has 0 radical (unpaired) electrons. The Hall–Kier alpha value is -4.06. The Morgan fingerprint density at radius 2 is 1.97 bits per heavy atom. The molecule has 4 aromatic rings. The second-order valence-electron chi connectivity index (χ2n) is 6.81. The van der Waals surface area contributed by atoms with Crippen molar-refractivity contribution >= 4 is 28.6 Å². The summed E-state index contributed by atoms with van der Waals surface area (Å²) in [5.41, 5.74) is 3.22. The van der Waals surface area contributed by atoms with E-state index in [4.69, 9.17) is 4.74 Å². The number of phenols is 1. The van der Waals surface area contributed by atoms with E-state index in [1.54, 1.807) is 18.2 Å². The molecule has 0 spiro atoms. The summed E-state index contributed by atoms with van der Waals surface area (Å²) in [6.07, 6.45) is 5.01. The zero-order chi connectivity index (χ0) is 20.9. The third kappa shape index (κ3) is 4.33. The summed E-state index contributed by atoms with van der Waals surface area (Å²) in [5, 5.41) is 18.3. The SMILES string of the molecule is COc1ccc(/C=C/C(=O)Nc2cccc3cn(Cc4ccccc4)nc23)cc1O. The van der Waals surface area contributed by atoms with Gasteiger partial charge in [0.1, 0.15) is 5.52 Å². The number of fused-ring (bicyclic) bond motifs is 1. The first-order chi connectivity index (χ1) is 14.6. The van der Waals surface area contributed by atoms with Crippen molar-refractivity contribution in [1.29, 1.82) is 0 Å². The normalized spacial score (nSPS) is 11.1. The molecule has 0 saturated carbocycles. The van der Waals surface area contributed by atoms with Crippen LogP contribution in [0, 0.1) is 0 Å². The molecule has 1 heterocycles. The van der Waals surface area contributed by atoms with Crippen LogP contribution in [0.5, 0.6) is 11.5 Å². The van der Waals surface area contributed by atoms with Gasteiger partial charge in [-0.25, -0.2) is 0 Å². The fourth-order valence-corrected chi connectivity index (χ4v) is 3.20. The second-order valence-corrected chi connectivity index (χ2v) is 6.81. The first-order valence-electron chi connectivity index (χ1n) is 9.48. The number of amides is 1. The molecule has 0 aliphatic heterocycles. The Morgan fingerprint density at radius 1 is 1.13 bits per heavy atom. The van der Waals surface area contributed by atoms with E-state index in [2.05, 4.69) is 22.5 Å². The summed E-state index contributed by atoms with van der Waals surface area (Å²) in [6, 6.07) is 20.7. The number of methoxy groups -OCH3 is 1. The molecule has 30 heavy (non-hydrogen) atoms. The molecule has 4 rings (SSSR count). The number of phenolic OH excluding ortho intramolecular Hbond substituents is 1. The number of rotatable bonds is 6. The fourth-order valence-electron chi connectivity index (χ4n) is 3.20. The Balaban J connectivity index is 1.50. The van der Waals surface area contributed by atoms with Crippen molar-refractivity contribution in [2.45, 2.75) is 6.54 Å². The highest BCUT2D eigenvalue weighted by Gasteiger charge is 2.08. The van der Waals surface area contributed by atoms with Crippen LogP contribution in [0.25, 0.3) is 17.0 Å². The van der Waals surface area contributed by atoms with E-state index in [1.807, 2.05) is 47.3 Å². The van der Waals surface area contributed by atoms with Crippen molar-refractivity contribution in [3.8, 4) is 11.5 Å². The minimum Gasteiger partial charge on any atom is -0.504 e. The highest BCUT2D eigenvalue weighted by molar-refractivity contribution is 6.06. The number of benzene rings is 3. The van der Waals surface area contributed by atoms with E-state index >= 15 is 0 Å². The van der Waals surface area contributed by atoms with Crippen LogP contribution in [0.4, 0.5) is 5.69 Å².